The fraction of sp³-hybridized carbons (Fsp3) is 0.417. The molecule has 1 aliphatic rings. The van der Waals surface area contributed by atoms with Crippen LogP contribution in [-0.4, -0.2) is 37.2 Å². The highest BCUT2D eigenvalue weighted by atomic mass is 16.7. The summed E-state index contributed by atoms with van der Waals surface area (Å²) in [5.74, 6) is 1.22. The van der Waals surface area contributed by atoms with Crippen molar-refractivity contribution in [1.82, 2.24) is 4.90 Å². The lowest BCUT2D eigenvalue weighted by molar-refractivity contribution is 0.0748. The first kappa shape index (κ1) is 11.7. The molecular formula is C12H16N2O3. The van der Waals surface area contributed by atoms with Crippen LogP contribution in [-0.2, 0) is 0 Å². The van der Waals surface area contributed by atoms with Gasteiger partial charge in [0.15, 0.2) is 11.5 Å². The van der Waals surface area contributed by atoms with Gasteiger partial charge in [-0.2, -0.15) is 0 Å². The molecule has 2 rings (SSSR count). The predicted molar refractivity (Wildman–Crippen MR) is 63.2 cm³/mol. The lowest BCUT2D eigenvalue weighted by atomic mass is 10.1. The van der Waals surface area contributed by atoms with E-state index < -0.39 is 0 Å². The summed E-state index contributed by atoms with van der Waals surface area (Å²) in [7, 11) is 1.74. The fourth-order valence-corrected chi connectivity index (χ4v) is 1.59. The number of likely N-dealkylation sites (N-methyl/N-ethyl adjacent to an activating group) is 1. The first-order valence-electron chi connectivity index (χ1n) is 5.50. The van der Waals surface area contributed by atoms with Crippen molar-refractivity contribution in [3.63, 3.8) is 0 Å². The van der Waals surface area contributed by atoms with E-state index in [-0.39, 0.29) is 18.7 Å². The average molecular weight is 236 g/mol. The molecular weight excluding hydrogens is 220 g/mol. The quantitative estimate of drug-likeness (QED) is 0.844. The second kappa shape index (κ2) is 4.63. The van der Waals surface area contributed by atoms with Crippen LogP contribution in [0.5, 0.6) is 11.5 Å². The maximum Gasteiger partial charge on any atom is 0.254 e. The Kier molecular flexibility index (Phi) is 3.19. The maximum absolute atomic E-state index is 12.1. The van der Waals surface area contributed by atoms with Gasteiger partial charge in [-0.3, -0.25) is 4.79 Å². The Morgan fingerprint density at radius 3 is 2.88 bits per heavy atom. The van der Waals surface area contributed by atoms with E-state index >= 15 is 0 Å². The molecule has 0 bridgehead atoms. The third-order valence-corrected chi connectivity index (χ3v) is 2.94. The minimum absolute atomic E-state index is 0.00734. The van der Waals surface area contributed by atoms with Crippen LogP contribution in [0.2, 0.25) is 0 Å². The average Bonchev–Trinajstić information content (AvgIpc) is 2.83. The lowest BCUT2D eigenvalue weighted by Gasteiger charge is -2.23. The number of rotatable bonds is 3. The summed E-state index contributed by atoms with van der Waals surface area (Å²) in [5, 5.41) is 0. The second-order valence-electron chi connectivity index (χ2n) is 4.07. The van der Waals surface area contributed by atoms with Crippen LogP contribution in [0.4, 0.5) is 0 Å². The number of hydrogen-bond donors (Lipinski definition) is 1. The normalized spacial score (nSPS) is 14.5. The summed E-state index contributed by atoms with van der Waals surface area (Å²) in [4.78, 5) is 13.7. The molecule has 0 spiro atoms. The molecule has 1 amide bonds. The molecule has 5 heteroatoms. The standard InChI is InChI=1S/C12H16N2O3/c1-8(6-13)14(2)12(15)9-3-4-10-11(5-9)17-7-16-10/h3-5,8H,6-7,13H2,1-2H3. The molecule has 17 heavy (non-hydrogen) atoms. The Bertz CT molecular complexity index is 434. The molecule has 0 radical (unpaired) electrons. The number of ether oxygens (including phenoxy) is 2. The molecule has 1 aliphatic heterocycles. The SMILES string of the molecule is CC(CN)N(C)C(=O)c1ccc2c(c1)OCO2. The van der Waals surface area contributed by atoms with Crippen LogP contribution < -0.4 is 15.2 Å². The summed E-state index contributed by atoms with van der Waals surface area (Å²) in [6, 6.07) is 5.18. The predicted octanol–water partition coefficient (Wildman–Crippen LogP) is 0.834. The number of nitrogens with two attached hydrogens (primary N) is 1. The molecule has 0 fully saturated rings. The van der Waals surface area contributed by atoms with Crippen molar-refractivity contribution in [2.45, 2.75) is 13.0 Å². The minimum Gasteiger partial charge on any atom is -0.454 e. The van der Waals surface area contributed by atoms with Gasteiger partial charge in [0.2, 0.25) is 6.79 Å². The summed E-state index contributed by atoms with van der Waals surface area (Å²) >= 11 is 0. The van der Waals surface area contributed by atoms with Crippen molar-refractivity contribution in [2.24, 2.45) is 5.73 Å². The van der Waals surface area contributed by atoms with Crippen LogP contribution in [0.3, 0.4) is 0 Å². The highest BCUT2D eigenvalue weighted by Crippen LogP contribution is 2.32. The van der Waals surface area contributed by atoms with Crippen molar-refractivity contribution >= 4 is 5.91 Å². The fourth-order valence-electron chi connectivity index (χ4n) is 1.59. The van der Waals surface area contributed by atoms with Gasteiger partial charge in [-0.1, -0.05) is 0 Å². The van der Waals surface area contributed by atoms with Gasteiger partial charge in [-0.05, 0) is 25.1 Å². The highest BCUT2D eigenvalue weighted by molar-refractivity contribution is 5.95. The molecule has 1 atom stereocenters. The molecule has 1 heterocycles. The third kappa shape index (κ3) is 2.19. The van der Waals surface area contributed by atoms with Crippen LogP contribution in [0.25, 0.3) is 0 Å². The van der Waals surface area contributed by atoms with Gasteiger partial charge in [0.25, 0.3) is 5.91 Å². The molecule has 2 N–H and O–H groups in total. The Morgan fingerprint density at radius 2 is 2.18 bits per heavy atom. The van der Waals surface area contributed by atoms with E-state index in [1.165, 1.54) is 0 Å². The summed E-state index contributed by atoms with van der Waals surface area (Å²) in [6.07, 6.45) is 0. The van der Waals surface area contributed by atoms with Crippen molar-refractivity contribution in [3.8, 4) is 11.5 Å². The van der Waals surface area contributed by atoms with E-state index in [1.807, 2.05) is 6.92 Å². The number of hydrogen-bond acceptors (Lipinski definition) is 4. The number of amides is 1. The van der Waals surface area contributed by atoms with Gasteiger partial charge in [-0.15, -0.1) is 0 Å². The van der Waals surface area contributed by atoms with Gasteiger partial charge in [0, 0.05) is 25.2 Å². The maximum atomic E-state index is 12.1. The lowest BCUT2D eigenvalue weighted by Crippen LogP contribution is -2.39. The van der Waals surface area contributed by atoms with Gasteiger partial charge in [0.05, 0.1) is 0 Å². The topological polar surface area (TPSA) is 64.8 Å². The molecule has 1 unspecified atom stereocenters. The Morgan fingerprint density at radius 1 is 1.47 bits per heavy atom. The molecule has 1 aromatic rings. The summed E-state index contributed by atoms with van der Waals surface area (Å²) in [5.41, 5.74) is 6.12. The number of carbonyl (C=O) groups is 1. The molecule has 0 saturated heterocycles. The molecule has 92 valence electrons. The first-order valence-corrected chi connectivity index (χ1v) is 5.50. The number of benzene rings is 1. The smallest absolute Gasteiger partial charge is 0.254 e. The number of carbonyl (C=O) groups excluding carboxylic acids is 1. The van der Waals surface area contributed by atoms with E-state index in [0.717, 1.165) is 0 Å². The van der Waals surface area contributed by atoms with E-state index in [0.29, 0.717) is 23.6 Å². The monoisotopic (exact) mass is 236 g/mol. The number of fused-ring (bicyclic) bond motifs is 1. The van der Waals surface area contributed by atoms with Crippen molar-refractivity contribution in [1.29, 1.82) is 0 Å². The van der Waals surface area contributed by atoms with Crippen LogP contribution in [0.1, 0.15) is 17.3 Å². The number of nitrogens with zero attached hydrogens (tertiary/aromatic N) is 1. The first-order chi connectivity index (χ1) is 8.13. The molecule has 5 nitrogen and oxygen atoms in total. The Labute approximate surface area is 100 Å². The van der Waals surface area contributed by atoms with E-state index in [9.17, 15) is 4.79 Å². The second-order valence-corrected chi connectivity index (χ2v) is 4.07. The van der Waals surface area contributed by atoms with Crippen LogP contribution in [0.15, 0.2) is 18.2 Å². The van der Waals surface area contributed by atoms with Gasteiger partial charge in [0.1, 0.15) is 0 Å². The van der Waals surface area contributed by atoms with Gasteiger partial charge < -0.3 is 20.1 Å². The van der Waals surface area contributed by atoms with Gasteiger partial charge in [-0.25, -0.2) is 0 Å². The molecule has 1 aromatic carbocycles. The third-order valence-electron chi connectivity index (χ3n) is 2.94. The molecule has 0 aromatic heterocycles. The van der Waals surface area contributed by atoms with E-state index in [1.54, 1.807) is 30.1 Å². The van der Waals surface area contributed by atoms with E-state index in [4.69, 9.17) is 15.2 Å². The summed E-state index contributed by atoms with van der Waals surface area (Å²) < 4.78 is 10.4. The largest absolute Gasteiger partial charge is 0.454 e. The van der Waals surface area contributed by atoms with Crippen LogP contribution in [0, 0.1) is 0 Å². The van der Waals surface area contributed by atoms with Gasteiger partial charge >= 0.3 is 0 Å². The molecule has 0 aliphatic carbocycles. The highest BCUT2D eigenvalue weighted by Gasteiger charge is 2.20. The van der Waals surface area contributed by atoms with Crippen molar-refractivity contribution in [2.75, 3.05) is 20.4 Å². The Balaban J connectivity index is 2.20. The molecule has 0 saturated carbocycles. The van der Waals surface area contributed by atoms with Crippen molar-refractivity contribution in [3.05, 3.63) is 23.8 Å². The summed E-state index contributed by atoms with van der Waals surface area (Å²) in [6.45, 7) is 2.56. The zero-order valence-corrected chi connectivity index (χ0v) is 9.97. The van der Waals surface area contributed by atoms with E-state index in [2.05, 4.69) is 0 Å². The Hall–Kier alpha value is -1.75. The zero-order valence-electron chi connectivity index (χ0n) is 9.97. The van der Waals surface area contributed by atoms with Crippen LogP contribution >= 0.6 is 0 Å². The zero-order chi connectivity index (χ0) is 12.4. The van der Waals surface area contributed by atoms with Crippen molar-refractivity contribution < 1.29 is 14.3 Å². The minimum atomic E-state index is -0.0683.